The molecule has 0 radical (unpaired) electrons. The molecule has 2 rings (SSSR count). The van der Waals surface area contributed by atoms with Crippen molar-refractivity contribution in [2.24, 2.45) is 0 Å². The summed E-state index contributed by atoms with van der Waals surface area (Å²) in [7, 11) is 1.65. The van der Waals surface area contributed by atoms with Crippen LogP contribution in [-0.4, -0.2) is 24.9 Å². The fourth-order valence-corrected chi connectivity index (χ4v) is 1.98. The third kappa shape index (κ3) is 3.24. The van der Waals surface area contributed by atoms with E-state index in [1.807, 2.05) is 24.3 Å². The largest absolute Gasteiger partial charge is 0.501 e. The maximum absolute atomic E-state index is 10.1. The summed E-state index contributed by atoms with van der Waals surface area (Å²) in [6, 6.07) is 7.79. The summed E-state index contributed by atoms with van der Waals surface area (Å²) < 4.78 is 10.4. The summed E-state index contributed by atoms with van der Waals surface area (Å²) in [6.07, 6.45) is 3.76. The van der Waals surface area contributed by atoms with Crippen LogP contribution in [0, 0.1) is 0 Å². The predicted molar refractivity (Wildman–Crippen MR) is 66.0 cm³/mol. The highest BCUT2D eigenvalue weighted by Crippen LogP contribution is 2.20. The molecule has 17 heavy (non-hydrogen) atoms. The quantitative estimate of drug-likeness (QED) is 0.868. The Balaban J connectivity index is 2.01. The van der Waals surface area contributed by atoms with Crippen molar-refractivity contribution in [1.82, 2.24) is 0 Å². The first-order valence-electron chi connectivity index (χ1n) is 5.91. The van der Waals surface area contributed by atoms with Crippen LogP contribution in [0.15, 0.2) is 36.1 Å². The number of aliphatic hydroxyl groups excluding tert-OH is 1. The normalized spacial score (nSPS) is 16.9. The first kappa shape index (κ1) is 12.0. The maximum Gasteiger partial charge on any atom is 0.119 e. The number of hydrogen-bond acceptors (Lipinski definition) is 3. The summed E-state index contributed by atoms with van der Waals surface area (Å²) in [6.45, 7) is 0.759. The zero-order chi connectivity index (χ0) is 12.1. The molecule has 0 fully saturated rings. The van der Waals surface area contributed by atoms with Crippen LogP contribution in [0.5, 0.6) is 5.75 Å². The summed E-state index contributed by atoms with van der Waals surface area (Å²) >= 11 is 0. The Morgan fingerprint density at radius 2 is 2.35 bits per heavy atom. The van der Waals surface area contributed by atoms with E-state index < -0.39 is 6.10 Å². The molecule has 1 aliphatic heterocycles. The summed E-state index contributed by atoms with van der Waals surface area (Å²) in [4.78, 5) is 0. The first-order chi connectivity index (χ1) is 8.29. The molecule has 0 amide bonds. The van der Waals surface area contributed by atoms with Gasteiger partial charge in [0, 0.05) is 6.42 Å². The van der Waals surface area contributed by atoms with Crippen molar-refractivity contribution in [3.63, 3.8) is 0 Å². The Bertz CT molecular complexity index is 398. The fraction of sp³-hybridized carbons (Fsp3) is 0.429. The van der Waals surface area contributed by atoms with Gasteiger partial charge in [-0.15, -0.1) is 0 Å². The Morgan fingerprint density at radius 1 is 1.47 bits per heavy atom. The molecule has 0 saturated carbocycles. The predicted octanol–water partition coefficient (Wildman–Crippen LogP) is 2.29. The van der Waals surface area contributed by atoms with Gasteiger partial charge in [0.25, 0.3) is 0 Å². The molecule has 1 atom stereocenters. The van der Waals surface area contributed by atoms with E-state index in [9.17, 15) is 5.11 Å². The molecule has 3 nitrogen and oxygen atoms in total. The molecule has 1 unspecified atom stereocenters. The third-order valence-electron chi connectivity index (χ3n) is 2.95. The zero-order valence-corrected chi connectivity index (χ0v) is 10.1. The number of hydrogen-bond donors (Lipinski definition) is 1. The summed E-state index contributed by atoms with van der Waals surface area (Å²) in [5, 5.41) is 10.1. The molecule has 0 saturated heterocycles. The molecule has 92 valence electrons. The van der Waals surface area contributed by atoms with Gasteiger partial charge in [-0.25, -0.2) is 0 Å². The molecule has 1 N–H and O–H groups in total. The second kappa shape index (κ2) is 5.73. The molecule has 1 aromatic rings. The van der Waals surface area contributed by atoms with E-state index in [1.165, 1.54) is 0 Å². The first-order valence-corrected chi connectivity index (χ1v) is 5.91. The summed E-state index contributed by atoms with van der Waals surface area (Å²) in [5.41, 5.74) is 2.06. The maximum atomic E-state index is 10.1. The number of benzene rings is 1. The lowest BCUT2D eigenvalue weighted by molar-refractivity contribution is 0.169. The molecular weight excluding hydrogens is 216 g/mol. The lowest BCUT2D eigenvalue weighted by Crippen LogP contribution is -2.17. The van der Waals surface area contributed by atoms with Crippen molar-refractivity contribution in [3.05, 3.63) is 41.7 Å². The minimum atomic E-state index is -0.456. The molecule has 3 heteroatoms. The topological polar surface area (TPSA) is 38.7 Å². The Morgan fingerprint density at radius 3 is 3.06 bits per heavy atom. The SMILES string of the molecule is COc1cccc(CC(O)C2=COCCC2)c1. The highest BCUT2D eigenvalue weighted by atomic mass is 16.5. The van der Waals surface area contributed by atoms with Gasteiger partial charge in [-0.3, -0.25) is 0 Å². The van der Waals surface area contributed by atoms with Gasteiger partial charge >= 0.3 is 0 Å². The fourth-order valence-electron chi connectivity index (χ4n) is 1.98. The van der Waals surface area contributed by atoms with Gasteiger partial charge in [-0.05, 0) is 36.1 Å². The lowest BCUT2D eigenvalue weighted by atomic mass is 9.98. The van der Waals surface area contributed by atoms with Crippen LogP contribution in [0.1, 0.15) is 18.4 Å². The molecule has 0 aliphatic carbocycles. The van der Waals surface area contributed by atoms with E-state index in [0.29, 0.717) is 6.42 Å². The molecule has 1 heterocycles. The molecule has 0 bridgehead atoms. The molecular formula is C14H18O3. The minimum absolute atomic E-state index is 0.456. The van der Waals surface area contributed by atoms with Crippen LogP contribution < -0.4 is 4.74 Å². The van der Waals surface area contributed by atoms with Crippen LogP contribution in [0.3, 0.4) is 0 Å². The molecule has 0 aromatic heterocycles. The number of methoxy groups -OCH3 is 1. The van der Waals surface area contributed by atoms with E-state index in [0.717, 1.165) is 36.3 Å². The third-order valence-corrected chi connectivity index (χ3v) is 2.95. The average Bonchev–Trinajstić information content (AvgIpc) is 2.40. The number of aliphatic hydroxyl groups is 1. The number of ether oxygens (including phenoxy) is 2. The van der Waals surface area contributed by atoms with Crippen LogP contribution in [0.25, 0.3) is 0 Å². The Kier molecular flexibility index (Phi) is 4.04. The van der Waals surface area contributed by atoms with E-state index in [1.54, 1.807) is 13.4 Å². The van der Waals surface area contributed by atoms with Gasteiger partial charge in [0.15, 0.2) is 0 Å². The van der Waals surface area contributed by atoms with Crippen molar-refractivity contribution in [1.29, 1.82) is 0 Å². The lowest BCUT2D eigenvalue weighted by Gasteiger charge is -2.19. The highest BCUT2D eigenvalue weighted by molar-refractivity contribution is 5.29. The highest BCUT2D eigenvalue weighted by Gasteiger charge is 2.15. The van der Waals surface area contributed by atoms with Crippen molar-refractivity contribution >= 4 is 0 Å². The van der Waals surface area contributed by atoms with Gasteiger partial charge in [-0.2, -0.15) is 0 Å². The van der Waals surface area contributed by atoms with Crippen LogP contribution in [0.2, 0.25) is 0 Å². The second-order valence-electron chi connectivity index (χ2n) is 4.24. The summed E-state index contributed by atoms with van der Waals surface area (Å²) in [5.74, 6) is 0.823. The van der Waals surface area contributed by atoms with Crippen molar-refractivity contribution in [2.75, 3.05) is 13.7 Å². The zero-order valence-electron chi connectivity index (χ0n) is 10.1. The van der Waals surface area contributed by atoms with E-state index in [2.05, 4.69) is 0 Å². The Labute approximate surface area is 102 Å². The van der Waals surface area contributed by atoms with E-state index in [-0.39, 0.29) is 0 Å². The van der Waals surface area contributed by atoms with Gasteiger partial charge in [0.2, 0.25) is 0 Å². The van der Waals surface area contributed by atoms with Crippen LogP contribution >= 0.6 is 0 Å². The average molecular weight is 234 g/mol. The van der Waals surface area contributed by atoms with Gasteiger partial charge < -0.3 is 14.6 Å². The molecule has 1 aliphatic rings. The van der Waals surface area contributed by atoms with Crippen molar-refractivity contribution in [2.45, 2.75) is 25.4 Å². The van der Waals surface area contributed by atoms with Crippen LogP contribution in [0.4, 0.5) is 0 Å². The van der Waals surface area contributed by atoms with Crippen molar-refractivity contribution < 1.29 is 14.6 Å². The van der Waals surface area contributed by atoms with E-state index >= 15 is 0 Å². The van der Waals surface area contributed by atoms with Gasteiger partial charge in [-0.1, -0.05) is 12.1 Å². The van der Waals surface area contributed by atoms with E-state index in [4.69, 9.17) is 9.47 Å². The minimum Gasteiger partial charge on any atom is -0.501 e. The second-order valence-corrected chi connectivity index (χ2v) is 4.24. The Hall–Kier alpha value is -1.48. The van der Waals surface area contributed by atoms with Gasteiger partial charge in [0.05, 0.1) is 26.1 Å². The molecule has 1 aromatic carbocycles. The molecule has 0 spiro atoms. The van der Waals surface area contributed by atoms with Gasteiger partial charge in [0.1, 0.15) is 5.75 Å². The standard InChI is InChI=1S/C14H18O3/c1-16-13-6-2-4-11(8-13)9-14(15)12-5-3-7-17-10-12/h2,4,6,8,10,14-15H,3,5,7,9H2,1H3. The monoisotopic (exact) mass is 234 g/mol. The smallest absolute Gasteiger partial charge is 0.119 e. The van der Waals surface area contributed by atoms with Crippen molar-refractivity contribution in [3.8, 4) is 5.75 Å². The number of rotatable bonds is 4. The van der Waals surface area contributed by atoms with Crippen LogP contribution in [-0.2, 0) is 11.2 Å².